The van der Waals surface area contributed by atoms with Gasteiger partial charge in [0.1, 0.15) is 11.6 Å². The van der Waals surface area contributed by atoms with Crippen molar-refractivity contribution in [3.63, 3.8) is 0 Å². The topological polar surface area (TPSA) is 29.9 Å². The summed E-state index contributed by atoms with van der Waals surface area (Å²) in [6, 6.07) is 7.76. The summed E-state index contributed by atoms with van der Waals surface area (Å²) in [6.07, 6.45) is 2.45. The molecule has 0 amide bonds. The first-order chi connectivity index (χ1) is 8.63. The highest BCUT2D eigenvalue weighted by atomic mass is 19.1. The van der Waals surface area contributed by atoms with Gasteiger partial charge in [0.15, 0.2) is 0 Å². The summed E-state index contributed by atoms with van der Waals surface area (Å²) in [5, 5.41) is 7.80. The Morgan fingerprint density at radius 3 is 2.78 bits per heavy atom. The van der Waals surface area contributed by atoms with Gasteiger partial charge in [-0.25, -0.2) is 4.39 Å². The zero-order valence-electron chi connectivity index (χ0n) is 10.6. The van der Waals surface area contributed by atoms with Gasteiger partial charge >= 0.3 is 0 Å². The van der Waals surface area contributed by atoms with Crippen molar-refractivity contribution in [1.29, 1.82) is 0 Å². The van der Waals surface area contributed by atoms with Crippen molar-refractivity contribution in [1.82, 2.24) is 9.78 Å². The summed E-state index contributed by atoms with van der Waals surface area (Å²) < 4.78 is 15.1. The largest absolute Gasteiger partial charge is 0.366 e. The Hall–Kier alpha value is -1.84. The van der Waals surface area contributed by atoms with E-state index in [2.05, 4.69) is 10.4 Å². The van der Waals surface area contributed by atoms with E-state index >= 15 is 0 Å². The van der Waals surface area contributed by atoms with Gasteiger partial charge in [0.25, 0.3) is 0 Å². The molecular weight excluding hydrogens is 229 g/mol. The molecule has 0 aliphatic heterocycles. The summed E-state index contributed by atoms with van der Waals surface area (Å²) in [5.41, 5.74) is 2.65. The van der Waals surface area contributed by atoms with Gasteiger partial charge in [-0.2, -0.15) is 5.10 Å². The van der Waals surface area contributed by atoms with Crippen LogP contribution in [0.25, 0.3) is 11.3 Å². The van der Waals surface area contributed by atoms with Gasteiger partial charge in [-0.15, -0.1) is 0 Å². The first-order valence-corrected chi connectivity index (χ1v) is 6.20. The molecule has 0 spiro atoms. The van der Waals surface area contributed by atoms with Gasteiger partial charge in [0, 0.05) is 24.7 Å². The van der Waals surface area contributed by atoms with E-state index in [0.717, 1.165) is 17.1 Å². The molecule has 2 aromatic rings. The Morgan fingerprint density at radius 2 is 2.11 bits per heavy atom. The zero-order chi connectivity index (χ0) is 12.7. The Bertz CT molecular complexity index is 585. The maximum absolute atomic E-state index is 13.3. The average Bonchev–Trinajstić information content (AvgIpc) is 3.06. The fraction of sp³-hybridized carbons (Fsp3) is 0.357. The van der Waals surface area contributed by atoms with Crippen LogP contribution in [0.5, 0.6) is 0 Å². The molecule has 0 atom stereocenters. The number of aromatic nitrogens is 2. The minimum atomic E-state index is -0.169. The molecule has 0 unspecified atom stereocenters. The summed E-state index contributed by atoms with van der Waals surface area (Å²) in [5.74, 6) is 0.731. The quantitative estimate of drug-likeness (QED) is 0.900. The zero-order valence-corrected chi connectivity index (χ0v) is 10.6. The van der Waals surface area contributed by atoms with Gasteiger partial charge < -0.3 is 5.32 Å². The van der Waals surface area contributed by atoms with Crippen molar-refractivity contribution in [2.45, 2.75) is 25.8 Å². The van der Waals surface area contributed by atoms with Crippen molar-refractivity contribution in [2.24, 2.45) is 7.05 Å². The number of benzene rings is 1. The molecule has 1 heterocycles. The predicted molar refractivity (Wildman–Crippen MR) is 70.0 cm³/mol. The van der Waals surface area contributed by atoms with Gasteiger partial charge in [-0.1, -0.05) is 0 Å². The number of anilines is 1. The molecule has 0 saturated heterocycles. The standard InChI is InChI=1S/C14H16FN3/c1-9-7-10(3-6-12(9)15)13-8-14(17-18(13)2)16-11-4-5-11/h3,6-8,11H,4-5H2,1-2H3,(H,16,17). The molecule has 0 bridgehead atoms. The highest BCUT2D eigenvalue weighted by molar-refractivity contribution is 5.64. The molecule has 3 rings (SSSR count). The lowest BCUT2D eigenvalue weighted by molar-refractivity contribution is 0.618. The second-order valence-electron chi connectivity index (χ2n) is 4.92. The summed E-state index contributed by atoms with van der Waals surface area (Å²) in [4.78, 5) is 0. The second kappa shape index (κ2) is 4.12. The Kier molecular flexibility index (Phi) is 2.58. The number of hydrogen-bond donors (Lipinski definition) is 1. The summed E-state index contributed by atoms with van der Waals surface area (Å²) in [7, 11) is 1.91. The summed E-state index contributed by atoms with van der Waals surface area (Å²) >= 11 is 0. The first kappa shape index (κ1) is 11.3. The number of nitrogens with one attached hydrogen (secondary N) is 1. The van der Waals surface area contributed by atoms with Crippen molar-refractivity contribution >= 4 is 5.82 Å². The van der Waals surface area contributed by atoms with Crippen molar-refractivity contribution in [2.75, 3.05) is 5.32 Å². The van der Waals surface area contributed by atoms with E-state index in [0.29, 0.717) is 11.6 Å². The molecule has 18 heavy (non-hydrogen) atoms. The minimum absolute atomic E-state index is 0.169. The van der Waals surface area contributed by atoms with Crippen molar-refractivity contribution in [3.8, 4) is 11.3 Å². The van der Waals surface area contributed by atoms with Crippen LogP contribution in [0.1, 0.15) is 18.4 Å². The minimum Gasteiger partial charge on any atom is -0.366 e. The van der Waals surface area contributed by atoms with E-state index in [4.69, 9.17) is 0 Å². The second-order valence-corrected chi connectivity index (χ2v) is 4.92. The van der Waals surface area contributed by atoms with E-state index in [1.54, 1.807) is 13.0 Å². The molecular formula is C14H16FN3. The van der Waals surface area contributed by atoms with Crippen LogP contribution < -0.4 is 5.32 Å². The smallest absolute Gasteiger partial charge is 0.148 e. The Morgan fingerprint density at radius 1 is 1.33 bits per heavy atom. The van der Waals surface area contributed by atoms with Gasteiger partial charge in [-0.3, -0.25) is 4.68 Å². The van der Waals surface area contributed by atoms with Crippen molar-refractivity contribution < 1.29 is 4.39 Å². The lowest BCUT2D eigenvalue weighted by Gasteiger charge is -2.03. The number of aryl methyl sites for hydroxylation is 2. The molecule has 94 valence electrons. The van der Waals surface area contributed by atoms with Crippen LogP contribution in [-0.2, 0) is 7.05 Å². The maximum Gasteiger partial charge on any atom is 0.148 e. The third-order valence-electron chi connectivity index (χ3n) is 3.26. The fourth-order valence-electron chi connectivity index (χ4n) is 2.05. The maximum atomic E-state index is 13.3. The molecule has 1 aliphatic rings. The third-order valence-corrected chi connectivity index (χ3v) is 3.26. The number of halogens is 1. The monoisotopic (exact) mass is 245 g/mol. The van der Waals surface area contributed by atoms with Crippen LogP contribution >= 0.6 is 0 Å². The number of hydrogen-bond acceptors (Lipinski definition) is 2. The molecule has 1 aromatic carbocycles. The van der Waals surface area contributed by atoms with Crippen LogP contribution in [0.4, 0.5) is 10.2 Å². The van der Waals surface area contributed by atoms with Gasteiger partial charge in [-0.05, 0) is 43.5 Å². The van der Waals surface area contributed by atoms with Crippen LogP contribution in [0.15, 0.2) is 24.3 Å². The van der Waals surface area contributed by atoms with E-state index in [9.17, 15) is 4.39 Å². The molecule has 1 aliphatic carbocycles. The van der Waals surface area contributed by atoms with Crippen LogP contribution in [0.2, 0.25) is 0 Å². The fourth-order valence-corrected chi connectivity index (χ4v) is 2.05. The van der Waals surface area contributed by atoms with E-state index in [1.807, 2.05) is 23.9 Å². The van der Waals surface area contributed by atoms with Crippen LogP contribution in [0, 0.1) is 12.7 Å². The molecule has 1 fully saturated rings. The molecule has 3 nitrogen and oxygen atoms in total. The number of rotatable bonds is 3. The molecule has 4 heteroatoms. The van der Waals surface area contributed by atoms with E-state index in [1.165, 1.54) is 18.9 Å². The first-order valence-electron chi connectivity index (χ1n) is 6.20. The Balaban J connectivity index is 1.94. The van der Waals surface area contributed by atoms with Crippen molar-refractivity contribution in [3.05, 3.63) is 35.6 Å². The molecule has 0 radical (unpaired) electrons. The van der Waals surface area contributed by atoms with E-state index < -0.39 is 0 Å². The predicted octanol–water partition coefficient (Wildman–Crippen LogP) is 3.11. The normalized spacial score (nSPS) is 14.8. The highest BCUT2D eigenvalue weighted by Crippen LogP contribution is 2.28. The van der Waals surface area contributed by atoms with Crippen LogP contribution in [-0.4, -0.2) is 15.8 Å². The third kappa shape index (κ3) is 2.10. The summed E-state index contributed by atoms with van der Waals surface area (Å²) in [6.45, 7) is 1.78. The lowest BCUT2D eigenvalue weighted by atomic mass is 10.1. The molecule has 1 N–H and O–H groups in total. The van der Waals surface area contributed by atoms with Gasteiger partial charge in [0.2, 0.25) is 0 Å². The average molecular weight is 245 g/mol. The van der Waals surface area contributed by atoms with E-state index in [-0.39, 0.29) is 5.82 Å². The molecule has 1 aromatic heterocycles. The van der Waals surface area contributed by atoms with Crippen LogP contribution in [0.3, 0.4) is 0 Å². The highest BCUT2D eigenvalue weighted by Gasteiger charge is 2.22. The number of nitrogens with zero attached hydrogens (tertiary/aromatic N) is 2. The SMILES string of the molecule is Cc1cc(-c2cc(NC3CC3)nn2C)ccc1F. The van der Waals surface area contributed by atoms with Gasteiger partial charge in [0.05, 0.1) is 5.69 Å². The lowest BCUT2D eigenvalue weighted by Crippen LogP contribution is -2.02. The Labute approximate surface area is 106 Å². The molecule has 1 saturated carbocycles.